The van der Waals surface area contributed by atoms with Crippen molar-refractivity contribution < 1.29 is 23.1 Å². The first-order chi connectivity index (χ1) is 19.2. The minimum absolute atomic E-state index is 0.122. The molecule has 0 unspecified atom stereocenters. The van der Waals surface area contributed by atoms with Gasteiger partial charge in [0.15, 0.2) is 11.6 Å². The van der Waals surface area contributed by atoms with Crippen LogP contribution in [0.5, 0.6) is 5.75 Å². The fourth-order valence-electron chi connectivity index (χ4n) is 4.54. The number of benzene rings is 2. The molecule has 0 atom stereocenters. The van der Waals surface area contributed by atoms with Crippen LogP contribution in [0.15, 0.2) is 60.3 Å². The van der Waals surface area contributed by atoms with E-state index in [0.29, 0.717) is 17.4 Å². The smallest absolute Gasteiger partial charge is 0.238 e. The predicted octanol–water partition coefficient (Wildman–Crippen LogP) is 4.86. The van der Waals surface area contributed by atoms with Gasteiger partial charge in [0.2, 0.25) is 17.7 Å². The number of nitrogens with zero attached hydrogens (tertiary/aromatic N) is 1. The van der Waals surface area contributed by atoms with Crippen molar-refractivity contribution in [3.05, 3.63) is 83.2 Å². The van der Waals surface area contributed by atoms with Crippen LogP contribution in [0, 0.1) is 17.0 Å². The number of halogens is 2. The largest absolute Gasteiger partial charge is 0.434 e. The van der Waals surface area contributed by atoms with Crippen LogP contribution in [-0.4, -0.2) is 42.5 Å². The van der Waals surface area contributed by atoms with Gasteiger partial charge in [0.1, 0.15) is 17.9 Å². The lowest BCUT2D eigenvalue weighted by Crippen LogP contribution is -2.27. The summed E-state index contributed by atoms with van der Waals surface area (Å²) >= 11 is 0. The topological polar surface area (TPSA) is 120 Å². The van der Waals surface area contributed by atoms with E-state index in [-0.39, 0.29) is 17.3 Å². The summed E-state index contributed by atoms with van der Waals surface area (Å²) in [5.41, 5.74) is 5.98. The maximum atomic E-state index is 14.9. The highest BCUT2D eigenvalue weighted by atomic mass is 19.1. The fraction of sp³-hybridized carbons (Fsp3) is 0.276. The second kappa shape index (κ2) is 13.0. The van der Waals surface area contributed by atoms with Crippen LogP contribution in [0.2, 0.25) is 0 Å². The van der Waals surface area contributed by atoms with Crippen molar-refractivity contribution in [2.75, 3.05) is 30.2 Å². The third kappa shape index (κ3) is 7.32. The van der Waals surface area contributed by atoms with E-state index >= 15 is 0 Å². The van der Waals surface area contributed by atoms with Crippen LogP contribution in [-0.2, 0) is 9.59 Å². The lowest BCUT2D eigenvalue weighted by atomic mass is 9.90. The van der Waals surface area contributed by atoms with Gasteiger partial charge in [0, 0.05) is 42.3 Å². The van der Waals surface area contributed by atoms with Crippen LogP contribution < -0.4 is 26.1 Å². The van der Waals surface area contributed by atoms with E-state index in [1.165, 1.54) is 42.0 Å². The van der Waals surface area contributed by atoms with Crippen molar-refractivity contribution in [2.24, 2.45) is 0 Å². The van der Waals surface area contributed by atoms with Crippen molar-refractivity contribution in [3.63, 3.8) is 0 Å². The number of carbonyl (C=O) groups is 2. The summed E-state index contributed by atoms with van der Waals surface area (Å²) in [7, 11) is 3.68. The zero-order valence-corrected chi connectivity index (χ0v) is 22.3. The number of amides is 2. The van der Waals surface area contributed by atoms with E-state index < -0.39 is 29.9 Å². The molecular weight excluding hydrogens is 518 g/mol. The Morgan fingerprint density at radius 2 is 1.65 bits per heavy atom. The van der Waals surface area contributed by atoms with Crippen molar-refractivity contribution in [3.8, 4) is 5.75 Å². The van der Waals surface area contributed by atoms with Gasteiger partial charge in [-0.2, -0.15) is 0 Å². The Labute approximate surface area is 231 Å². The number of carbonyl (C=O) groups excluding carboxylic acids is 2. The van der Waals surface area contributed by atoms with Crippen LogP contribution in [0.1, 0.15) is 43.4 Å². The van der Waals surface area contributed by atoms with Gasteiger partial charge >= 0.3 is 0 Å². The minimum Gasteiger partial charge on any atom is -0.434 e. The Morgan fingerprint density at radius 3 is 2.27 bits per heavy atom. The number of anilines is 2. The zero-order chi connectivity index (χ0) is 28.6. The second-order valence-electron chi connectivity index (χ2n) is 9.44. The van der Waals surface area contributed by atoms with E-state index in [1.807, 2.05) is 13.1 Å². The lowest BCUT2D eigenvalue weighted by Gasteiger charge is -2.23. The Balaban J connectivity index is 1.38. The first-order valence-electron chi connectivity index (χ1n) is 12.9. The molecule has 0 spiro atoms. The Bertz CT molecular complexity index is 1410. The van der Waals surface area contributed by atoms with Crippen molar-refractivity contribution in [2.45, 2.75) is 38.1 Å². The molecule has 210 valence electrons. The van der Waals surface area contributed by atoms with E-state index in [2.05, 4.69) is 27.5 Å². The highest BCUT2D eigenvalue weighted by Crippen LogP contribution is 2.28. The van der Waals surface area contributed by atoms with E-state index in [0.717, 1.165) is 37.3 Å². The molecule has 0 aliphatic heterocycles. The standard InChI is InChI=1S/C29H32F2N6O3/c1-33-21-7-3-18(4-8-21)15-19-13-14-37(34-2)28(19)29(32)40-25-12-11-23(16-24(25)31)36-27(39)17-26(38)35-22-9-5-20(30)6-10-22/h5-6,9-16,21,32-34H,3-4,7-8,17H2,1-2H3,(H,35,38)(H,36,39). The molecule has 1 aromatic heterocycles. The third-order valence-corrected chi connectivity index (χ3v) is 6.65. The summed E-state index contributed by atoms with van der Waals surface area (Å²) in [5, 5.41) is 16.8. The number of allylic oxidation sites excluding steroid dienone is 1. The summed E-state index contributed by atoms with van der Waals surface area (Å²) in [5.74, 6) is -2.93. The highest BCUT2D eigenvalue weighted by Gasteiger charge is 2.20. The first kappa shape index (κ1) is 28.5. The third-order valence-electron chi connectivity index (χ3n) is 6.65. The number of ether oxygens (including phenoxy) is 1. The first-order valence-corrected chi connectivity index (χ1v) is 12.9. The van der Waals surface area contributed by atoms with E-state index in [4.69, 9.17) is 10.1 Å². The van der Waals surface area contributed by atoms with E-state index in [9.17, 15) is 18.4 Å². The maximum absolute atomic E-state index is 14.9. The van der Waals surface area contributed by atoms with Gasteiger partial charge in [-0.3, -0.25) is 19.7 Å². The molecule has 2 aromatic carbocycles. The summed E-state index contributed by atoms with van der Waals surface area (Å²) in [6, 6.07) is 11.3. The van der Waals surface area contributed by atoms with Crippen molar-refractivity contribution >= 4 is 35.2 Å². The van der Waals surface area contributed by atoms with Gasteiger partial charge in [-0.15, -0.1) is 0 Å². The number of aromatic nitrogens is 1. The zero-order valence-electron chi connectivity index (χ0n) is 22.3. The summed E-state index contributed by atoms with van der Waals surface area (Å²) in [6.07, 6.45) is 7.33. The van der Waals surface area contributed by atoms with Gasteiger partial charge in [-0.05, 0) is 75.2 Å². The van der Waals surface area contributed by atoms with Gasteiger partial charge in [-0.1, -0.05) is 11.6 Å². The molecule has 1 heterocycles. The molecular formula is C29H32F2N6O3. The fourth-order valence-corrected chi connectivity index (χ4v) is 4.54. The molecule has 3 aromatic rings. The van der Waals surface area contributed by atoms with Gasteiger partial charge in [0.25, 0.3) is 0 Å². The molecule has 40 heavy (non-hydrogen) atoms. The Kier molecular flexibility index (Phi) is 9.28. The average molecular weight is 551 g/mol. The summed E-state index contributed by atoms with van der Waals surface area (Å²) in [6.45, 7) is 0. The number of rotatable bonds is 9. The molecule has 11 heteroatoms. The summed E-state index contributed by atoms with van der Waals surface area (Å²) in [4.78, 5) is 24.4. The number of nitrogens with one attached hydrogen (secondary N) is 5. The van der Waals surface area contributed by atoms with Crippen molar-refractivity contribution in [1.82, 2.24) is 9.99 Å². The average Bonchev–Trinajstić information content (AvgIpc) is 3.34. The van der Waals surface area contributed by atoms with Gasteiger partial charge < -0.3 is 26.1 Å². The molecule has 1 aliphatic rings. The highest BCUT2D eigenvalue weighted by molar-refractivity contribution is 6.08. The van der Waals surface area contributed by atoms with Gasteiger partial charge in [-0.25, -0.2) is 8.78 Å². The minimum atomic E-state index is -0.786. The monoisotopic (exact) mass is 550 g/mol. The normalized spacial score (nSPS) is 14.8. The molecule has 9 nitrogen and oxygen atoms in total. The lowest BCUT2D eigenvalue weighted by molar-refractivity contribution is -0.123. The molecule has 1 aliphatic carbocycles. The number of hydrogen-bond acceptors (Lipinski definition) is 6. The SMILES string of the molecule is CNC1CCC(=Cc2ccn(NC)c2C(=N)Oc2ccc(NC(=O)CC(=O)Nc3ccc(F)cc3)cc2F)CC1. The molecule has 2 amide bonds. The van der Waals surface area contributed by atoms with E-state index in [1.54, 1.807) is 17.9 Å². The number of hydrogen-bond donors (Lipinski definition) is 5. The molecule has 0 saturated heterocycles. The molecule has 1 saturated carbocycles. The molecule has 1 fully saturated rings. The molecule has 0 radical (unpaired) electrons. The molecule has 4 rings (SSSR count). The van der Waals surface area contributed by atoms with Crippen LogP contribution in [0.4, 0.5) is 20.2 Å². The molecule has 5 N–H and O–H groups in total. The Morgan fingerprint density at radius 1 is 1.00 bits per heavy atom. The van der Waals surface area contributed by atoms with Crippen molar-refractivity contribution in [1.29, 1.82) is 5.41 Å². The molecule has 0 bridgehead atoms. The second-order valence-corrected chi connectivity index (χ2v) is 9.44. The quantitative estimate of drug-likeness (QED) is 0.148. The predicted molar refractivity (Wildman–Crippen MR) is 151 cm³/mol. The maximum Gasteiger partial charge on any atom is 0.238 e. The summed E-state index contributed by atoms with van der Waals surface area (Å²) < 4.78 is 35.1. The Hall–Kier alpha value is -4.51. The van der Waals surface area contributed by atoms with Crippen LogP contribution >= 0.6 is 0 Å². The van der Waals surface area contributed by atoms with Crippen LogP contribution in [0.3, 0.4) is 0 Å². The van der Waals surface area contributed by atoms with Crippen LogP contribution in [0.25, 0.3) is 6.08 Å². The van der Waals surface area contributed by atoms with Gasteiger partial charge in [0.05, 0.1) is 0 Å².